The van der Waals surface area contributed by atoms with Crippen molar-refractivity contribution in [3.63, 3.8) is 0 Å². The topological polar surface area (TPSA) is 20.2 Å². The molecule has 17 heavy (non-hydrogen) atoms. The molecular weight excluding hydrogens is 208 g/mol. The van der Waals surface area contributed by atoms with Gasteiger partial charge in [-0.25, -0.2) is 0 Å². The van der Waals surface area contributed by atoms with Crippen molar-refractivity contribution in [1.82, 2.24) is 0 Å². The number of aliphatic hydroxyl groups is 1. The van der Waals surface area contributed by atoms with E-state index in [2.05, 4.69) is 20.4 Å². The van der Waals surface area contributed by atoms with Gasteiger partial charge in [0.2, 0.25) is 0 Å². The zero-order valence-electron chi connectivity index (χ0n) is 11.3. The first-order valence-corrected chi connectivity index (χ1v) is 7.10. The summed E-state index contributed by atoms with van der Waals surface area (Å²) < 4.78 is 0. The highest BCUT2D eigenvalue weighted by molar-refractivity contribution is 5.23. The van der Waals surface area contributed by atoms with Crippen LogP contribution in [0.2, 0.25) is 0 Å². The molecule has 0 heterocycles. The van der Waals surface area contributed by atoms with Crippen molar-refractivity contribution >= 4 is 0 Å². The van der Waals surface area contributed by atoms with Gasteiger partial charge in [-0.1, -0.05) is 24.6 Å². The standard InChI is InChI=1S/C16H26O/c1-11(2)13-5-4-6-14(10-17)15-8-7-12(3)16(15)9-13/h12-13,16-17H,1,4-10H2,2-3H3/b15-14-/t12-,13+,16-/m0/s1. The van der Waals surface area contributed by atoms with E-state index in [0.29, 0.717) is 5.92 Å². The van der Waals surface area contributed by atoms with E-state index in [9.17, 15) is 5.11 Å². The lowest BCUT2D eigenvalue weighted by molar-refractivity contribution is 0.306. The van der Waals surface area contributed by atoms with E-state index in [-0.39, 0.29) is 6.61 Å². The van der Waals surface area contributed by atoms with Crippen LogP contribution in [-0.4, -0.2) is 11.7 Å². The zero-order chi connectivity index (χ0) is 12.4. The molecule has 0 aromatic heterocycles. The van der Waals surface area contributed by atoms with Crippen LogP contribution in [0.1, 0.15) is 52.4 Å². The molecule has 2 aliphatic rings. The van der Waals surface area contributed by atoms with E-state index < -0.39 is 0 Å². The molecule has 2 rings (SSSR count). The Hall–Kier alpha value is -0.560. The van der Waals surface area contributed by atoms with Crippen molar-refractivity contribution in [3.8, 4) is 0 Å². The maximum atomic E-state index is 9.54. The summed E-state index contributed by atoms with van der Waals surface area (Å²) in [4.78, 5) is 0. The third-order valence-electron chi connectivity index (χ3n) is 4.91. The highest BCUT2D eigenvalue weighted by Gasteiger charge is 2.33. The average molecular weight is 234 g/mol. The third-order valence-corrected chi connectivity index (χ3v) is 4.91. The lowest BCUT2D eigenvalue weighted by atomic mass is 9.77. The summed E-state index contributed by atoms with van der Waals surface area (Å²) in [6.07, 6.45) is 7.40. The van der Waals surface area contributed by atoms with Crippen molar-refractivity contribution in [2.75, 3.05) is 6.61 Å². The first-order valence-electron chi connectivity index (χ1n) is 7.10. The summed E-state index contributed by atoms with van der Waals surface area (Å²) in [5.41, 5.74) is 4.32. The molecule has 0 aromatic carbocycles. The molecule has 1 nitrogen and oxygen atoms in total. The Morgan fingerprint density at radius 1 is 1.35 bits per heavy atom. The molecule has 1 fully saturated rings. The molecule has 96 valence electrons. The summed E-state index contributed by atoms with van der Waals surface area (Å²) in [5.74, 6) is 2.22. The van der Waals surface area contributed by atoms with Gasteiger partial charge >= 0.3 is 0 Å². The quantitative estimate of drug-likeness (QED) is 0.714. The number of aliphatic hydroxyl groups excluding tert-OH is 1. The van der Waals surface area contributed by atoms with Crippen molar-refractivity contribution in [2.45, 2.75) is 52.4 Å². The number of hydrogen-bond donors (Lipinski definition) is 1. The normalized spacial score (nSPS) is 38.4. The van der Waals surface area contributed by atoms with Crippen LogP contribution in [0, 0.1) is 17.8 Å². The Kier molecular flexibility index (Phi) is 4.09. The second kappa shape index (κ2) is 5.39. The van der Waals surface area contributed by atoms with Crippen LogP contribution < -0.4 is 0 Å². The van der Waals surface area contributed by atoms with Gasteiger partial charge in [0.15, 0.2) is 0 Å². The SMILES string of the molecule is C=C(C)[C@@H]1CCC/C(CO)=C2\CC[C@H](C)[C@@H]2C1. The van der Waals surface area contributed by atoms with Gasteiger partial charge in [-0.3, -0.25) is 0 Å². The number of allylic oxidation sites excluding steroid dienone is 2. The maximum absolute atomic E-state index is 9.54. The molecule has 0 aliphatic heterocycles. The molecule has 2 aliphatic carbocycles. The van der Waals surface area contributed by atoms with Crippen LogP contribution in [0.4, 0.5) is 0 Å². The van der Waals surface area contributed by atoms with Gasteiger partial charge in [0, 0.05) is 0 Å². The van der Waals surface area contributed by atoms with Crippen molar-refractivity contribution in [1.29, 1.82) is 0 Å². The lowest BCUT2D eigenvalue weighted by Crippen LogP contribution is -2.17. The molecule has 1 N–H and O–H groups in total. The van der Waals surface area contributed by atoms with E-state index in [1.807, 2.05) is 0 Å². The summed E-state index contributed by atoms with van der Waals surface area (Å²) in [6.45, 7) is 9.01. The first-order chi connectivity index (χ1) is 8.13. The fourth-order valence-corrected chi connectivity index (χ4v) is 3.70. The molecule has 1 heteroatoms. The average Bonchev–Trinajstić information content (AvgIpc) is 2.59. The zero-order valence-corrected chi connectivity index (χ0v) is 11.3. The molecular formula is C16H26O. The van der Waals surface area contributed by atoms with E-state index in [1.54, 1.807) is 5.57 Å². The first kappa shape index (κ1) is 12.9. The summed E-state index contributed by atoms with van der Waals surface area (Å²) >= 11 is 0. The molecule has 3 atom stereocenters. The second-order valence-corrected chi connectivity index (χ2v) is 6.08. The number of rotatable bonds is 2. The third kappa shape index (κ3) is 2.65. The Balaban J connectivity index is 2.25. The highest BCUT2D eigenvalue weighted by Crippen LogP contribution is 2.45. The smallest absolute Gasteiger partial charge is 0.0644 e. The Morgan fingerprint density at radius 2 is 2.12 bits per heavy atom. The largest absolute Gasteiger partial charge is 0.392 e. The van der Waals surface area contributed by atoms with Crippen LogP contribution in [0.15, 0.2) is 23.3 Å². The minimum Gasteiger partial charge on any atom is -0.392 e. The predicted octanol–water partition coefficient (Wildman–Crippen LogP) is 4.09. The Bertz CT molecular complexity index is 326. The molecule has 0 spiro atoms. The molecule has 0 radical (unpaired) electrons. The fourth-order valence-electron chi connectivity index (χ4n) is 3.70. The van der Waals surface area contributed by atoms with Gasteiger partial charge in [0.25, 0.3) is 0 Å². The Morgan fingerprint density at radius 3 is 2.76 bits per heavy atom. The van der Waals surface area contributed by atoms with E-state index in [1.165, 1.54) is 43.3 Å². The van der Waals surface area contributed by atoms with Gasteiger partial charge in [-0.15, -0.1) is 0 Å². The number of hydrogen-bond acceptors (Lipinski definition) is 1. The van der Waals surface area contributed by atoms with Crippen molar-refractivity contribution in [2.24, 2.45) is 17.8 Å². The van der Waals surface area contributed by atoms with Crippen molar-refractivity contribution in [3.05, 3.63) is 23.3 Å². The fraction of sp³-hybridized carbons (Fsp3) is 0.750. The van der Waals surface area contributed by atoms with Crippen molar-refractivity contribution < 1.29 is 5.11 Å². The molecule has 0 aromatic rings. The second-order valence-electron chi connectivity index (χ2n) is 6.08. The monoisotopic (exact) mass is 234 g/mol. The predicted molar refractivity (Wildman–Crippen MR) is 72.8 cm³/mol. The minimum atomic E-state index is 0.288. The van der Waals surface area contributed by atoms with Crippen LogP contribution in [0.25, 0.3) is 0 Å². The highest BCUT2D eigenvalue weighted by atomic mass is 16.3. The summed E-state index contributed by atoms with van der Waals surface area (Å²) in [6, 6.07) is 0. The maximum Gasteiger partial charge on any atom is 0.0644 e. The van der Waals surface area contributed by atoms with E-state index in [0.717, 1.165) is 18.3 Å². The molecule has 0 saturated heterocycles. The van der Waals surface area contributed by atoms with Gasteiger partial charge in [0.1, 0.15) is 0 Å². The number of fused-ring (bicyclic) bond motifs is 1. The summed E-state index contributed by atoms with van der Waals surface area (Å²) in [7, 11) is 0. The Labute approximate surface area is 106 Å². The van der Waals surface area contributed by atoms with Crippen LogP contribution in [0.3, 0.4) is 0 Å². The van der Waals surface area contributed by atoms with Crippen LogP contribution >= 0.6 is 0 Å². The summed E-state index contributed by atoms with van der Waals surface area (Å²) in [5, 5.41) is 9.54. The van der Waals surface area contributed by atoms with Gasteiger partial charge in [0.05, 0.1) is 6.61 Å². The molecule has 1 saturated carbocycles. The molecule has 0 bridgehead atoms. The van der Waals surface area contributed by atoms with Gasteiger partial charge < -0.3 is 5.11 Å². The van der Waals surface area contributed by atoms with Crippen LogP contribution in [0.5, 0.6) is 0 Å². The van der Waals surface area contributed by atoms with Gasteiger partial charge in [-0.05, 0) is 68.8 Å². The minimum absolute atomic E-state index is 0.288. The lowest BCUT2D eigenvalue weighted by Gasteiger charge is -2.29. The molecule has 0 unspecified atom stereocenters. The van der Waals surface area contributed by atoms with Crippen LogP contribution in [-0.2, 0) is 0 Å². The molecule has 0 amide bonds. The van der Waals surface area contributed by atoms with E-state index in [4.69, 9.17) is 0 Å². The van der Waals surface area contributed by atoms with E-state index >= 15 is 0 Å². The van der Waals surface area contributed by atoms with Gasteiger partial charge in [-0.2, -0.15) is 0 Å².